The van der Waals surface area contributed by atoms with Gasteiger partial charge in [0.1, 0.15) is 17.4 Å². The van der Waals surface area contributed by atoms with Crippen molar-refractivity contribution in [3.8, 4) is 5.75 Å². The minimum atomic E-state index is 0.559. The van der Waals surface area contributed by atoms with Crippen LogP contribution in [-0.4, -0.2) is 53.4 Å². The minimum absolute atomic E-state index is 0.559. The predicted molar refractivity (Wildman–Crippen MR) is 102 cm³/mol. The Hall–Kier alpha value is -2.57. The molecule has 7 nitrogen and oxygen atoms in total. The smallest absolute Gasteiger partial charge is 0.193 e. The summed E-state index contributed by atoms with van der Waals surface area (Å²) in [6, 6.07) is 8.14. The molecule has 0 saturated carbocycles. The van der Waals surface area contributed by atoms with Gasteiger partial charge in [-0.15, -0.1) is 10.2 Å². The molecule has 1 atom stereocenters. The second-order valence-electron chi connectivity index (χ2n) is 6.81. The largest absolute Gasteiger partial charge is 0.497 e. The fourth-order valence-electron chi connectivity index (χ4n) is 3.40. The number of benzene rings is 1. The van der Waals surface area contributed by atoms with Crippen LogP contribution < -0.4 is 10.1 Å². The molecule has 0 saturated heterocycles. The Bertz CT molecular complexity index is 752. The van der Waals surface area contributed by atoms with Crippen LogP contribution in [0.4, 0.5) is 0 Å². The molecule has 3 rings (SSSR count). The summed E-state index contributed by atoms with van der Waals surface area (Å²) in [5, 5.41) is 11.9. The first-order chi connectivity index (χ1) is 12.6. The Morgan fingerprint density at radius 2 is 2.12 bits per heavy atom. The average Bonchev–Trinajstić information content (AvgIpc) is 3.03. The maximum absolute atomic E-state index is 5.22. The molecule has 1 N–H and O–H groups in total. The van der Waals surface area contributed by atoms with Crippen molar-refractivity contribution in [2.75, 3.05) is 27.7 Å². The van der Waals surface area contributed by atoms with Gasteiger partial charge in [0.2, 0.25) is 0 Å². The molecule has 1 aliphatic rings. The highest BCUT2D eigenvalue weighted by Gasteiger charge is 2.22. The lowest BCUT2D eigenvalue weighted by Gasteiger charge is -2.27. The van der Waals surface area contributed by atoms with Crippen molar-refractivity contribution < 1.29 is 4.74 Å². The molecule has 0 spiro atoms. The number of hydrogen-bond acceptors (Lipinski definition) is 4. The van der Waals surface area contributed by atoms with Gasteiger partial charge in [0.05, 0.1) is 7.11 Å². The number of nitrogens with zero attached hydrogens (tertiary/aromatic N) is 5. The minimum Gasteiger partial charge on any atom is -0.497 e. The quantitative estimate of drug-likeness (QED) is 0.654. The van der Waals surface area contributed by atoms with Gasteiger partial charge in [-0.1, -0.05) is 12.1 Å². The maximum atomic E-state index is 5.22. The zero-order valence-corrected chi connectivity index (χ0v) is 16.1. The van der Waals surface area contributed by atoms with Gasteiger partial charge in [-0.3, -0.25) is 4.99 Å². The summed E-state index contributed by atoms with van der Waals surface area (Å²) in [4.78, 5) is 6.57. The highest BCUT2D eigenvalue weighted by molar-refractivity contribution is 5.79. The van der Waals surface area contributed by atoms with Crippen LogP contribution in [0.2, 0.25) is 0 Å². The standard InChI is InChI=1S/C19H28N6O/c1-14-22-23-18-10-7-16(13-25(14)18)11-21-19(20-2)24(3)12-15-5-8-17(26-4)9-6-15/h5-6,8-9,16H,7,10-13H2,1-4H3,(H,20,21). The van der Waals surface area contributed by atoms with E-state index in [-0.39, 0.29) is 0 Å². The summed E-state index contributed by atoms with van der Waals surface area (Å²) in [6.07, 6.45) is 2.12. The van der Waals surface area contributed by atoms with Crippen molar-refractivity contribution in [1.29, 1.82) is 0 Å². The first kappa shape index (κ1) is 18.2. The first-order valence-corrected chi connectivity index (χ1v) is 9.04. The van der Waals surface area contributed by atoms with Crippen molar-refractivity contribution >= 4 is 5.96 Å². The topological polar surface area (TPSA) is 67.6 Å². The van der Waals surface area contributed by atoms with E-state index in [0.29, 0.717) is 5.92 Å². The number of aryl methyl sites for hydroxylation is 2. The second-order valence-corrected chi connectivity index (χ2v) is 6.81. The number of nitrogens with one attached hydrogen (secondary N) is 1. The van der Waals surface area contributed by atoms with Gasteiger partial charge in [-0.2, -0.15) is 0 Å². The molecule has 0 fully saturated rings. The van der Waals surface area contributed by atoms with Crippen LogP contribution in [0.3, 0.4) is 0 Å². The van der Waals surface area contributed by atoms with Gasteiger partial charge in [-0.05, 0) is 37.0 Å². The highest BCUT2D eigenvalue weighted by Crippen LogP contribution is 2.19. The molecule has 7 heteroatoms. The van der Waals surface area contributed by atoms with Gasteiger partial charge in [0, 0.05) is 40.2 Å². The third-order valence-corrected chi connectivity index (χ3v) is 4.93. The van der Waals surface area contributed by atoms with Crippen LogP contribution in [0.15, 0.2) is 29.3 Å². The van der Waals surface area contributed by atoms with E-state index in [4.69, 9.17) is 4.74 Å². The zero-order valence-electron chi connectivity index (χ0n) is 16.1. The average molecular weight is 356 g/mol. The normalized spacial score (nSPS) is 16.9. The molecule has 0 bridgehead atoms. The monoisotopic (exact) mass is 356 g/mol. The van der Waals surface area contributed by atoms with E-state index in [0.717, 1.165) is 55.8 Å². The number of methoxy groups -OCH3 is 1. The van der Waals surface area contributed by atoms with Crippen molar-refractivity contribution in [3.05, 3.63) is 41.5 Å². The van der Waals surface area contributed by atoms with Crippen LogP contribution in [-0.2, 0) is 19.5 Å². The molecule has 0 aliphatic carbocycles. The zero-order chi connectivity index (χ0) is 18.5. The fraction of sp³-hybridized carbons (Fsp3) is 0.526. The van der Waals surface area contributed by atoms with Crippen LogP contribution in [0.1, 0.15) is 23.6 Å². The Kier molecular flexibility index (Phi) is 5.75. The Labute approximate surface area is 155 Å². The van der Waals surface area contributed by atoms with Crippen LogP contribution in [0, 0.1) is 12.8 Å². The predicted octanol–water partition coefficient (Wildman–Crippen LogP) is 1.86. The Balaban J connectivity index is 1.53. The van der Waals surface area contributed by atoms with E-state index < -0.39 is 0 Å². The number of aliphatic imine (C=N–C) groups is 1. The fourth-order valence-corrected chi connectivity index (χ4v) is 3.40. The van der Waals surface area contributed by atoms with E-state index in [9.17, 15) is 0 Å². The summed E-state index contributed by atoms with van der Waals surface area (Å²) < 4.78 is 7.45. The molecule has 1 aromatic carbocycles. The lowest BCUT2D eigenvalue weighted by Crippen LogP contribution is -2.42. The highest BCUT2D eigenvalue weighted by atomic mass is 16.5. The molecule has 0 amide bonds. The molecular weight excluding hydrogens is 328 g/mol. The number of guanidine groups is 1. The molecule has 140 valence electrons. The van der Waals surface area contributed by atoms with Gasteiger partial charge in [0.15, 0.2) is 5.96 Å². The molecule has 2 aromatic rings. The van der Waals surface area contributed by atoms with Crippen molar-refractivity contribution in [3.63, 3.8) is 0 Å². The second kappa shape index (κ2) is 8.21. The summed E-state index contributed by atoms with van der Waals surface area (Å²) in [6.45, 7) is 4.69. The van der Waals surface area contributed by atoms with Crippen molar-refractivity contribution in [2.45, 2.75) is 32.9 Å². The number of fused-ring (bicyclic) bond motifs is 1. The summed E-state index contributed by atoms with van der Waals surface area (Å²) in [5.74, 6) is 4.46. The van der Waals surface area contributed by atoms with Gasteiger partial charge < -0.3 is 19.5 Å². The number of hydrogen-bond donors (Lipinski definition) is 1. The molecule has 1 aliphatic heterocycles. The first-order valence-electron chi connectivity index (χ1n) is 9.04. The molecular formula is C19H28N6O. The third-order valence-electron chi connectivity index (χ3n) is 4.93. The van der Waals surface area contributed by atoms with E-state index in [1.807, 2.05) is 26.1 Å². The van der Waals surface area contributed by atoms with Crippen molar-refractivity contribution in [2.24, 2.45) is 10.9 Å². The number of ether oxygens (including phenoxy) is 1. The third kappa shape index (κ3) is 4.15. The van der Waals surface area contributed by atoms with E-state index in [1.165, 1.54) is 5.56 Å². The van der Waals surface area contributed by atoms with E-state index in [1.54, 1.807) is 7.11 Å². The SMILES string of the molecule is CN=C(NCC1CCc2nnc(C)n2C1)N(C)Cc1ccc(OC)cc1. The van der Waals surface area contributed by atoms with Gasteiger partial charge in [-0.25, -0.2) is 0 Å². The Morgan fingerprint density at radius 3 is 2.81 bits per heavy atom. The van der Waals surface area contributed by atoms with Crippen LogP contribution in [0.5, 0.6) is 5.75 Å². The summed E-state index contributed by atoms with van der Waals surface area (Å²) >= 11 is 0. The Morgan fingerprint density at radius 1 is 1.35 bits per heavy atom. The van der Waals surface area contributed by atoms with Gasteiger partial charge >= 0.3 is 0 Å². The summed E-state index contributed by atoms with van der Waals surface area (Å²) in [5.41, 5.74) is 1.22. The number of aromatic nitrogens is 3. The molecule has 2 heterocycles. The lowest BCUT2D eigenvalue weighted by molar-refractivity contribution is 0.352. The van der Waals surface area contributed by atoms with E-state index >= 15 is 0 Å². The molecule has 1 aromatic heterocycles. The maximum Gasteiger partial charge on any atom is 0.193 e. The van der Waals surface area contributed by atoms with Crippen LogP contribution >= 0.6 is 0 Å². The lowest BCUT2D eigenvalue weighted by atomic mass is 9.99. The van der Waals surface area contributed by atoms with Crippen molar-refractivity contribution in [1.82, 2.24) is 25.0 Å². The molecule has 26 heavy (non-hydrogen) atoms. The van der Waals surface area contributed by atoms with E-state index in [2.05, 4.69) is 49.2 Å². The van der Waals surface area contributed by atoms with Crippen LogP contribution in [0.25, 0.3) is 0 Å². The molecule has 1 unspecified atom stereocenters. The number of rotatable bonds is 5. The summed E-state index contributed by atoms with van der Waals surface area (Å²) in [7, 11) is 5.57. The molecule has 0 radical (unpaired) electrons. The van der Waals surface area contributed by atoms with Gasteiger partial charge in [0.25, 0.3) is 0 Å².